The van der Waals surface area contributed by atoms with Crippen molar-refractivity contribution in [3.8, 4) is 0 Å². The van der Waals surface area contributed by atoms with Crippen molar-refractivity contribution in [2.24, 2.45) is 10.4 Å². The lowest BCUT2D eigenvalue weighted by Crippen LogP contribution is -2.42. The number of hydrogen-bond donors (Lipinski definition) is 1. The summed E-state index contributed by atoms with van der Waals surface area (Å²) in [5.74, 6) is 1.06. The SMILES string of the molecule is CCS(=O)(=O)N(C)CCCNC(=NC)N1CCC2(CCOC2)C1.I. The number of likely N-dealkylation sites (tertiary alicyclic amines) is 1. The molecular weight excluding hydrogens is 443 g/mol. The van der Waals surface area contributed by atoms with Gasteiger partial charge in [0.05, 0.1) is 12.4 Å². The van der Waals surface area contributed by atoms with Gasteiger partial charge in [0.25, 0.3) is 0 Å². The fourth-order valence-corrected chi connectivity index (χ4v) is 4.13. The Kier molecular flexibility index (Phi) is 8.71. The second kappa shape index (κ2) is 9.54. The Labute approximate surface area is 163 Å². The summed E-state index contributed by atoms with van der Waals surface area (Å²) in [6.45, 7) is 6.65. The first-order valence-electron chi connectivity index (χ1n) is 8.40. The second-order valence-electron chi connectivity index (χ2n) is 6.52. The van der Waals surface area contributed by atoms with Crippen molar-refractivity contribution >= 4 is 40.0 Å². The van der Waals surface area contributed by atoms with E-state index in [2.05, 4.69) is 15.2 Å². The Morgan fingerprint density at radius 2 is 2.17 bits per heavy atom. The first kappa shape index (κ1) is 21.9. The normalized spacial score (nSPS) is 24.7. The summed E-state index contributed by atoms with van der Waals surface area (Å²) in [5.41, 5.74) is 0.313. The van der Waals surface area contributed by atoms with Crippen LogP contribution in [0.4, 0.5) is 0 Å². The van der Waals surface area contributed by atoms with E-state index in [-0.39, 0.29) is 29.7 Å². The van der Waals surface area contributed by atoms with Gasteiger partial charge in [-0.2, -0.15) is 0 Å². The molecule has 0 radical (unpaired) electrons. The predicted molar refractivity (Wildman–Crippen MR) is 108 cm³/mol. The third-order valence-electron chi connectivity index (χ3n) is 4.91. The van der Waals surface area contributed by atoms with Crippen molar-refractivity contribution in [2.45, 2.75) is 26.2 Å². The van der Waals surface area contributed by atoms with E-state index in [4.69, 9.17) is 4.74 Å². The molecule has 7 nitrogen and oxygen atoms in total. The summed E-state index contributed by atoms with van der Waals surface area (Å²) in [6.07, 6.45) is 3.06. The molecule has 1 spiro atoms. The van der Waals surface area contributed by atoms with Crippen molar-refractivity contribution < 1.29 is 13.2 Å². The van der Waals surface area contributed by atoms with E-state index in [1.165, 1.54) is 4.31 Å². The lowest BCUT2D eigenvalue weighted by Gasteiger charge is -2.25. The van der Waals surface area contributed by atoms with Gasteiger partial charge in [0.1, 0.15) is 0 Å². The minimum atomic E-state index is -3.08. The first-order chi connectivity index (χ1) is 10.9. The molecule has 2 rings (SSSR count). The summed E-state index contributed by atoms with van der Waals surface area (Å²) in [5, 5.41) is 3.36. The van der Waals surface area contributed by atoms with E-state index >= 15 is 0 Å². The van der Waals surface area contributed by atoms with Gasteiger partial charge < -0.3 is 15.0 Å². The molecule has 1 unspecified atom stereocenters. The van der Waals surface area contributed by atoms with Crippen LogP contribution in [0.2, 0.25) is 0 Å². The molecule has 2 aliphatic heterocycles. The number of sulfonamides is 1. The molecule has 2 fully saturated rings. The summed E-state index contributed by atoms with van der Waals surface area (Å²) >= 11 is 0. The van der Waals surface area contributed by atoms with Gasteiger partial charge in [0.15, 0.2) is 5.96 Å². The van der Waals surface area contributed by atoms with Crippen LogP contribution in [0.3, 0.4) is 0 Å². The molecule has 142 valence electrons. The zero-order valence-electron chi connectivity index (χ0n) is 15.0. The molecule has 9 heteroatoms. The molecular formula is C15H31IN4O3S. The van der Waals surface area contributed by atoms with Crippen LogP contribution in [-0.4, -0.2) is 82.8 Å². The van der Waals surface area contributed by atoms with Crippen molar-refractivity contribution in [1.82, 2.24) is 14.5 Å². The molecule has 0 aromatic heterocycles. The molecule has 0 aliphatic carbocycles. The number of nitrogens with one attached hydrogen (secondary N) is 1. The van der Waals surface area contributed by atoms with Crippen molar-refractivity contribution in [3.63, 3.8) is 0 Å². The molecule has 0 amide bonds. The largest absolute Gasteiger partial charge is 0.381 e. The number of hydrogen-bond acceptors (Lipinski definition) is 4. The average molecular weight is 474 g/mol. The minimum Gasteiger partial charge on any atom is -0.381 e. The number of nitrogens with zero attached hydrogens (tertiary/aromatic N) is 3. The van der Waals surface area contributed by atoms with E-state index in [1.54, 1.807) is 21.0 Å². The zero-order valence-corrected chi connectivity index (χ0v) is 18.1. The highest BCUT2D eigenvalue weighted by Crippen LogP contribution is 2.38. The number of aliphatic imine (C=N–C) groups is 1. The van der Waals surface area contributed by atoms with Gasteiger partial charge in [-0.15, -0.1) is 24.0 Å². The maximum absolute atomic E-state index is 11.7. The Balaban J connectivity index is 0.00000288. The first-order valence-corrected chi connectivity index (χ1v) is 10.0. The van der Waals surface area contributed by atoms with Crippen LogP contribution in [-0.2, 0) is 14.8 Å². The third-order valence-corrected chi connectivity index (χ3v) is 6.77. The van der Waals surface area contributed by atoms with Crippen molar-refractivity contribution in [1.29, 1.82) is 0 Å². The number of guanidine groups is 1. The maximum atomic E-state index is 11.7. The molecule has 2 heterocycles. The number of rotatable bonds is 6. The quantitative estimate of drug-likeness (QED) is 0.269. The minimum absolute atomic E-state index is 0. The maximum Gasteiger partial charge on any atom is 0.213 e. The Hall–Kier alpha value is -0.130. The molecule has 0 saturated carbocycles. The van der Waals surface area contributed by atoms with Crippen LogP contribution in [0.25, 0.3) is 0 Å². The molecule has 2 saturated heterocycles. The van der Waals surface area contributed by atoms with Crippen LogP contribution in [0.15, 0.2) is 4.99 Å². The summed E-state index contributed by atoms with van der Waals surface area (Å²) in [7, 11) is 0.350. The topological polar surface area (TPSA) is 74.2 Å². The van der Waals surface area contributed by atoms with Gasteiger partial charge in [-0.05, 0) is 26.2 Å². The van der Waals surface area contributed by atoms with E-state index < -0.39 is 10.0 Å². The highest BCUT2D eigenvalue weighted by atomic mass is 127. The van der Waals surface area contributed by atoms with E-state index in [0.29, 0.717) is 12.0 Å². The fourth-order valence-electron chi connectivity index (χ4n) is 3.28. The van der Waals surface area contributed by atoms with Crippen molar-refractivity contribution in [2.75, 3.05) is 59.2 Å². The van der Waals surface area contributed by atoms with Gasteiger partial charge in [0, 0.05) is 52.3 Å². The molecule has 0 aromatic carbocycles. The van der Waals surface area contributed by atoms with Crippen LogP contribution < -0.4 is 5.32 Å². The zero-order chi connectivity index (χ0) is 16.9. The Bertz CT molecular complexity index is 521. The smallest absolute Gasteiger partial charge is 0.213 e. The molecule has 2 aliphatic rings. The highest BCUT2D eigenvalue weighted by molar-refractivity contribution is 14.0. The third kappa shape index (κ3) is 5.43. The van der Waals surface area contributed by atoms with Gasteiger partial charge in [-0.3, -0.25) is 4.99 Å². The number of halogens is 1. The van der Waals surface area contributed by atoms with Crippen LogP contribution in [0, 0.1) is 5.41 Å². The van der Waals surface area contributed by atoms with E-state index in [1.807, 2.05) is 0 Å². The monoisotopic (exact) mass is 474 g/mol. The summed E-state index contributed by atoms with van der Waals surface area (Å²) < 4.78 is 30.4. The summed E-state index contributed by atoms with van der Waals surface area (Å²) in [6, 6.07) is 0. The second-order valence-corrected chi connectivity index (χ2v) is 8.89. The lowest BCUT2D eigenvalue weighted by atomic mass is 9.87. The highest BCUT2D eigenvalue weighted by Gasteiger charge is 2.42. The lowest BCUT2D eigenvalue weighted by molar-refractivity contribution is 0.156. The number of ether oxygens (including phenoxy) is 1. The molecule has 0 bridgehead atoms. The Morgan fingerprint density at radius 3 is 2.75 bits per heavy atom. The average Bonchev–Trinajstić information content (AvgIpc) is 3.17. The van der Waals surface area contributed by atoms with Gasteiger partial charge in [0.2, 0.25) is 10.0 Å². The van der Waals surface area contributed by atoms with Crippen LogP contribution in [0.5, 0.6) is 0 Å². The van der Waals surface area contributed by atoms with Crippen LogP contribution in [0.1, 0.15) is 26.2 Å². The fraction of sp³-hybridized carbons (Fsp3) is 0.933. The molecule has 1 N–H and O–H groups in total. The molecule has 1 atom stereocenters. The van der Waals surface area contributed by atoms with E-state index in [9.17, 15) is 8.42 Å². The van der Waals surface area contributed by atoms with E-state index in [0.717, 1.165) is 58.1 Å². The predicted octanol–water partition coefficient (Wildman–Crippen LogP) is 0.964. The summed E-state index contributed by atoms with van der Waals surface area (Å²) in [4.78, 5) is 6.66. The Morgan fingerprint density at radius 1 is 1.42 bits per heavy atom. The standard InChI is InChI=1S/C15H30N4O3S.HI/c1-4-23(20,21)18(3)9-5-8-17-14(16-2)19-10-6-15(12-19)7-11-22-13-15;/h4-13H2,1-3H3,(H,16,17);1H. The molecule has 0 aromatic rings. The van der Waals surface area contributed by atoms with Crippen molar-refractivity contribution in [3.05, 3.63) is 0 Å². The molecule has 24 heavy (non-hydrogen) atoms. The van der Waals surface area contributed by atoms with Crippen LogP contribution >= 0.6 is 24.0 Å². The van der Waals surface area contributed by atoms with Gasteiger partial charge in [-0.25, -0.2) is 12.7 Å². The van der Waals surface area contributed by atoms with Gasteiger partial charge in [-0.1, -0.05) is 0 Å². The van der Waals surface area contributed by atoms with Gasteiger partial charge >= 0.3 is 0 Å².